The van der Waals surface area contributed by atoms with E-state index in [4.69, 9.17) is 20.8 Å². The summed E-state index contributed by atoms with van der Waals surface area (Å²) in [6, 6.07) is 9.35. The number of nitrogens with one attached hydrogen (secondary N) is 1. The number of hydrogen-bond acceptors (Lipinski definition) is 3. The van der Waals surface area contributed by atoms with Gasteiger partial charge < -0.3 is 14.5 Å². The molecule has 5 heteroatoms. The number of ether oxygens (including phenoxy) is 1. The quantitative estimate of drug-likeness (QED) is 0.646. The zero-order valence-electron chi connectivity index (χ0n) is 13.0. The second-order valence-electron chi connectivity index (χ2n) is 5.25. The SMILES string of the molecule is Cc1cc(C)cc(OCCNC(=O)c2ccc(C(C)Cl)o2)c1. The van der Waals surface area contributed by atoms with Gasteiger partial charge in [0, 0.05) is 0 Å². The van der Waals surface area contributed by atoms with Crippen LogP contribution >= 0.6 is 11.6 Å². The van der Waals surface area contributed by atoms with Crippen LogP contribution in [-0.2, 0) is 0 Å². The second kappa shape index (κ2) is 7.36. The Morgan fingerprint density at radius 1 is 1.27 bits per heavy atom. The largest absolute Gasteiger partial charge is 0.492 e. The first kappa shape index (κ1) is 16.4. The minimum absolute atomic E-state index is 0.255. The summed E-state index contributed by atoms with van der Waals surface area (Å²) in [4.78, 5) is 11.9. The third kappa shape index (κ3) is 4.53. The highest BCUT2D eigenvalue weighted by atomic mass is 35.5. The van der Waals surface area contributed by atoms with Gasteiger partial charge in [0.15, 0.2) is 5.76 Å². The lowest BCUT2D eigenvalue weighted by molar-refractivity contribution is 0.0917. The van der Waals surface area contributed by atoms with Gasteiger partial charge in [0.05, 0.1) is 11.9 Å². The number of carbonyl (C=O) groups excluding carboxylic acids is 1. The number of carbonyl (C=O) groups is 1. The van der Waals surface area contributed by atoms with E-state index in [0.29, 0.717) is 18.9 Å². The number of furan rings is 1. The van der Waals surface area contributed by atoms with E-state index in [1.165, 1.54) is 0 Å². The maximum Gasteiger partial charge on any atom is 0.287 e. The van der Waals surface area contributed by atoms with Crippen molar-refractivity contribution in [2.45, 2.75) is 26.1 Å². The fourth-order valence-corrected chi connectivity index (χ4v) is 2.24. The molecule has 0 bridgehead atoms. The molecular weight excluding hydrogens is 302 g/mol. The summed E-state index contributed by atoms with van der Waals surface area (Å²) < 4.78 is 11.0. The molecule has 0 aliphatic heterocycles. The van der Waals surface area contributed by atoms with Crippen molar-refractivity contribution in [1.82, 2.24) is 5.32 Å². The zero-order chi connectivity index (χ0) is 16.1. The number of aryl methyl sites for hydroxylation is 2. The first-order valence-corrected chi connectivity index (χ1v) is 7.62. The van der Waals surface area contributed by atoms with Crippen LogP contribution in [0.2, 0.25) is 0 Å². The molecule has 0 radical (unpaired) electrons. The molecule has 2 rings (SSSR count). The predicted octanol–water partition coefficient (Wildman–Crippen LogP) is 4.01. The number of alkyl halides is 1. The van der Waals surface area contributed by atoms with Crippen molar-refractivity contribution in [3.05, 3.63) is 53.0 Å². The monoisotopic (exact) mass is 321 g/mol. The van der Waals surface area contributed by atoms with E-state index in [-0.39, 0.29) is 17.0 Å². The van der Waals surface area contributed by atoms with Crippen molar-refractivity contribution in [2.75, 3.05) is 13.2 Å². The minimum Gasteiger partial charge on any atom is -0.492 e. The predicted molar refractivity (Wildman–Crippen MR) is 86.7 cm³/mol. The van der Waals surface area contributed by atoms with Crippen molar-refractivity contribution in [1.29, 1.82) is 0 Å². The van der Waals surface area contributed by atoms with Gasteiger partial charge in [-0.1, -0.05) is 6.07 Å². The zero-order valence-corrected chi connectivity index (χ0v) is 13.7. The molecule has 0 spiro atoms. The smallest absolute Gasteiger partial charge is 0.287 e. The van der Waals surface area contributed by atoms with Crippen molar-refractivity contribution >= 4 is 17.5 Å². The molecule has 1 atom stereocenters. The van der Waals surface area contributed by atoms with Crippen LogP contribution < -0.4 is 10.1 Å². The summed E-state index contributed by atoms with van der Waals surface area (Å²) in [6.07, 6.45) is 0. The summed E-state index contributed by atoms with van der Waals surface area (Å²) in [5.41, 5.74) is 2.30. The van der Waals surface area contributed by atoms with Gasteiger partial charge >= 0.3 is 0 Å². The van der Waals surface area contributed by atoms with Crippen LogP contribution in [0.5, 0.6) is 5.75 Å². The standard InChI is InChI=1S/C17H20ClNO3/c1-11-8-12(2)10-14(9-11)21-7-6-19-17(20)16-5-4-15(22-16)13(3)18/h4-5,8-10,13H,6-7H2,1-3H3,(H,19,20). The van der Waals surface area contributed by atoms with Crippen LogP contribution in [0.25, 0.3) is 0 Å². The molecule has 1 aromatic carbocycles. The lowest BCUT2D eigenvalue weighted by Gasteiger charge is -2.08. The van der Waals surface area contributed by atoms with E-state index in [1.807, 2.05) is 26.0 Å². The molecule has 1 unspecified atom stereocenters. The Morgan fingerprint density at radius 3 is 2.55 bits per heavy atom. The summed E-state index contributed by atoms with van der Waals surface area (Å²) in [5.74, 6) is 1.38. The van der Waals surface area contributed by atoms with Gasteiger partial charge in [0.25, 0.3) is 5.91 Å². The van der Waals surface area contributed by atoms with Gasteiger partial charge in [-0.05, 0) is 56.2 Å². The average Bonchev–Trinajstić information content (AvgIpc) is 2.92. The maximum atomic E-state index is 11.9. The average molecular weight is 322 g/mol. The number of rotatable bonds is 6. The van der Waals surface area contributed by atoms with Gasteiger partial charge in [-0.15, -0.1) is 11.6 Å². The molecule has 1 amide bonds. The summed E-state index contributed by atoms with van der Waals surface area (Å²) in [6.45, 7) is 6.63. The van der Waals surface area contributed by atoms with E-state index in [9.17, 15) is 4.79 Å². The summed E-state index contributed by atoms with van der Waals surface area (Å²) in [5, 5.41) is 2.49. The molecule has 1 aromatic heterocycles. The highest BCUT2D eigenvalue weighted by Crippen LogP contribution is 2.21. The maximum absolute atomic E-state index is 11.9. The van der Waals surface area contributed by atoms with E-state index >= 15 is 0 Å². The van der Waals surface area contributed by atoms with Crippen LogP contribution in [-0.4, -0.2) is 19.1 Å². The molecule has 0 fully saturated rings. The molecule has 2 aromatic rings. The molecule has 0 saturated carbocycles. The van der Waals surface area contributed by atoms with Crippen molar-refractivity contribution < 1.29 is 13.9 Å². The second-order valence-corrected chi connectivity index (χ2v) is 5.90. The Balaban J connectivity index is 1.79. The topological polar surface area (TPSA) is 51.5 Å². The number of amides is 1. The van der Waals surface area contributed by atoms with Crippen LogP contribution in [0.3, 0.4) is 0 Å². The van der Waals surface area contributed by atoms with Crippen LogP contribution in [0.15, 0.2) is 34.7 Å². The van der Waals surface area contributed by atoms with Gasteiger partial charge in [0.2, 0.25) is 0 Å². The van der Waals surface area contributed by atoms with Gasteiger partial charge in [-0.3, -0.25) is 4.79 Å². The first-order valence-electron chi connectivity index (χ1n) is 7.19. The Bertz CT molecular complexity index is 629. The highest BCUT2D eigenvalue weighted by Gasteiger charge is 2.13. The molecule has 4 nitrogen and oxygen atoms in total. The van der Waals surface area contributed by atoms with E-state index < -0.39 is 0 Å². The molecule has 0 aliphatic rings. The Hall–Kier alpha value is -1.94. The number of halogens is 1. The normalized spacial score (nSPS) is 12.0. The molecule has 1 N–H and O–H groups in total. The van der Waals surface area contributed by atoms with E-state index in [0.717, 1.165) is 16.9 Å². The Labute approximate surface area is 135 Å². The Kier molecular flexibility index (Phi) is 5.50. The third-order valence-corrected chi connectivity index (χ3v) is 3.31. The lowest BCUT2D eigenvalue weighted by atomic mass is 10.1. The van der Waals surface area contributed by atoms with Crippen molar-refractivity contribution in [2.24, 2.45) is 0 Å². The molecule has 118 valence electrons. The van der Waals surface area contributed by atoms with Crippen LogP contribution in [0.4, 0.5) is 0 Å². The van der Waals surface area contributed by atoms with Gasteiger partial charge in [-0.2, -0.15) is 0 Å². The fourth-order valence-electron chi connectivity index (χ4n) is 2.13. The van der Waals surface area contributed by atoms with E-state index in [2.05, 4.69) is 11.4 Å². The third-order valence-electron chi connectivity index (χ3n) is 3.09. The van der Waals surface area contributed by atoms with Crippen molar-refractivity contribution in [3.8, 4) is 5.75 Å². The molecule has 0 saturated heterocycles. The van der Waals surface area contributed by atoms with E-state index in [1.54, 1.807) is 19.1 Å². The molecule has 22 heavy (non-hydrogen) atoms. The fraction of sp³-hybridized carbons (Fsp3) is 0.353. The number of benzene rings is 1. The molecule has 1 heterocycles. The minimum atomic E-state index is -0.271. The van der Waals surface area contributed by atoms with Crippen molar-refractivity contribution in [3.63, 3.8) is 0 Å². The molecule has 0 aliphatic carbocycles. The van der Waals surface area contributed by atoms with Crippen LogP contribution in [0, 0.1) is 13.8 Å². The van der Waals surface area contributed by atoms with Gasteiger partial charge in [-0.25, -0.2) is 0 Å². The van der Waals surface area contributed by atoms with Crippen LogP contribution in [0.1, 0.15) is 39.7 Å². The summed E-state index contributed by atoms with van der Waals surface area (Å²) in [7, 11) is 0. The molecular formula is C17H20ClNO3. The summed E-state index contributed by atoms with van der Waals surface area (Å²) >= 11 is 5.90. The first-order chi connectivity index (χ1) is 10.5. The highest BCUT2D eigenvalue weighted by molar-refractivity contribution is 6.20. The van der Waals surface area contributed by atoms with Gasteiger partial charge in [0.1, 0.15) is 18.1 Å². The number of hydrogen-bond donors (Lipinski definition) is 1. The Morgan fingerprint density at radius 2 is 1.95 bits per heavy atom. The lowest BCUT2D eigenvalue weighted by Crippen LogP contribution is -2.27.